The van der Waals surface area contributed by atoms with Gasteiger partial charge in [0.1, 0.15) is 0 Å². The van der Waals surface area contributed by atoms with Gasteiger partial charge in [0.25, 0.3) is 0 Å². The molecule has 2 rings (SSSR count). The molecular formula is C12H16N4O. The Morgan fingerprint density at radius 2 is 1.88 bits per heavy atom. The smallest absolute Gasteiger partial charge is 0.240 e. The van der Waals surface area contributed by atoms with E-state index in [0.29, 0.717) is 18.3 Å². The summed E-state index contributed by atoms with van der Waals surface area (Å²) in [5.41, 5.74) is 2.86. The molecule has 2 aromatic heterocycles. The van der Waals surface area contributed by atoms with Crippen molar-refractivity contribution in [2.45, 2.75) is 27.3 Å². The molecule has 0 atom stereocenters. The molecule has 0 unspecified atom stereocenters. The first kappa shape index (κ1) is 11.7. The number of nitrogens with one attached hydrogen (secondary N) is 1. The molecule has 90 valence electrons. The van der Waals surface area contributed by atoms with Gasteiger partial charge in [-0.3, -0.25) is 4.98 Å². The molecule has 0 amide bonds. The lowest BCUT2D eigenvalue weighted by molar-refractivity contribution is 0.369. The zero-order chi connectivity index (χ0) is 12.3. The van der Waals surface area contributed by atoms with Crippen LogP contribution in [-0.2, 0) is 6.54 Å². The summed E-state index contributed by atoms with van der Waals surface area (Å²) < 4.78 is 5.16. The number of hydrogen-bond acceptors (Lipinski definition) is 5. The number of aryl methyl sites for hydroxylation is 2. The van der Waals surface area contributed by atoms with Gasteiger partial charge in [0.15, 0.2) is 0 Å². The lowest BCUT2D eigenvalue weighted by Gasteiger charge is -1.99. The molecule has 5 nitrogen and oxygen atoms in total. The molecule has 1 N–H and O–H groups in total. The van der Waals surface area contributed by atoms with Crippen LogP contribution in [0.1, 0.15) is 24.2 Å². The lowest BCUT2D eigenvalue weighted by atomic mass is 10.2. The summed E-state index contributed by atoms with van der Waals surface area (Å²) in [4.78, 5) is 8.65. The summed E-state index contributed by atoms with van der Waals surface area (Å²) in [6, 6.07) is 3.91. The minimum absolute atomic E-state index is 0.604. The maximum atomic E-state index is 5.16. The van der Waals surface area contributed by atoms with E-state index in [4.69, 9.17) is 4.52 Å². The molecule has 0 aliphatic carbocycles. The molecule has 0 aliphatic rings. The highest BCUT2D eigenvalue weighted by molar-refractivity contribution is 5.55. The van der Waals surface area contributed by atoms with Gasteiger partial charge in [0.05, 0.1) is 6.54 Å². The molecule has 2 aromatic rings. The number of pyridine rings is 1. The van der Waals surface area contributed by atoms with E-state index in [-0.39, 0.29) is 0 Å². The van der Waals surface area contributed by atoms with Crippen LogP contribution in [0, 0.1) is 13.8 Å². The minimum Gasteiger partial charge on any atom is -0.338 e. The standard InChI is InChI=1S/C12H16N4O/c1-4-13-7-11-15-12(16-17-11)10-5-8(2)14-9(3)6-10/h5-6,13H,4,7H2,1-3H3. The summed E-state index contributed by atoms with van der Waals surface area (Å²) in [7, 11) is 0. The van der Waals surface area contributed by atoms with Crippen molar-refractivity contribution in [1.29, 1.82) is 0 Å². The second kappa shape index (κ2) is 5.05. The van der Waals surface area contributed by atoms with E-state index < -0.39 is 0 Å². The van der Waals surface area contributed by atoms with Crippen molar-refractivity contribution in [3.05, 3.63) is 29.4 Å². The Kier molecular flexibility index (Phi) is 3.49. The van der Waals surface area contributed by atoms with Gasteiger partial charge in [-0.05, 0) is 32.5 Å². The summed E-state index contributed by atoms with van der Waals surface area (Å²) in [5, 5.41) is 7.11. The summed E-state index contributed by atoms with van der Waals surface area (Å²) in [6.07, 6.45) is 0. The largest absolute Gasteiger partial charge is 0.338 e. The molecular weight excluding hydrogens is 216 g/mol. The van der Waals surface area contributed by atoms with Crippen LogP contribution in [0.15, 0.2) is 16.7 Å². The van der Waals surface area contributed by atoms with Gasteiger partial charge in [-0.1, -0.05) is 12.1 Å². The highest BCUT2D eigenvalue weighted by Crippen LogP contribution is 2.17. The quantitative estimate of drug-likeness (QED) is 0.871. The molecule has 0 fully saturated rings. The fourth-order valence-electron chi connectivity index (χ4n) is 1.64. The minimum atomic E-state index is 0.604. The summed E-state index contributed by atoms with van der Waals surface area (Å²) >= 11 is 0. The predicted octanol–water partition coefficient (Wildman–Crippen LogP) is 1.86. The van der Waals surface area contributed by atoms with Crippen LogP contribution >= 0.6 is 0 Å². The third-order valence-corrected chi connectivity index (χ3v) is 2.33. The molecule has 0 spiro atoms. The average Bonchev–Trinajstić information content (AvgIpc) is 2.73. The van der Waals surface area contributed by atoms with Crippen molar-refractivity contribution in [3.63, 3.8) is 0 Å². The van der Waals surface area contributed by atoms with Crippen LogP contribution in [-0.4, -0.2) is 21.7 Å². The third kappa shape index (κ3) is 2.88. The van der Waals surface area contributed by atoms with E-state index >= 15 is 0 Å². The fourth-order valence-corrected chi connectivity index (χ4v) is 1.64. The molecule has 5 heteroatoms. The Labute approximate surface area is 100 Å². The second-order valence-electron chi connectivity index (χ2n) is 3.93. The van der Waals surface area contributed by atoms with E-state index in [1.54, 1.807) is 0 Å². The number of hydrogen-bond donors (Lipinski definition) is 1. The molecule has 0 bridgehead atoms. The van der Waals surface area contributed by atoms with E-state index in [2.05, 4.69) is 20.4 Å². The number of rotatable bonds is 4. The van der Waals surface area contributed by atoms with Crippen LogP contribution in [0.25, 0.3) is 11.4 Å². The normalized spacial score (nSPS) is 10.8. The molecule has 0 aromatic carbocycles. The second-order valence-corrected chi connectivity index (χ2v) is 3.93. The van der Waals surface area contributed by atoms with Crippen molar-refractivity contribution in [2.75, 3.05) is 6.54 Å². The Bertz CT molecular complexity index is 487. The zero-order valence-electron chi connectivity index (χ0n) is 10.3. The van der Waals surface area contributed by atoms with Crippen LogP contribution in [0.3, 0.4) is 0 Å². The van der Waals surface area contributed by atoms with Crippen LogP contribution in [0.4, 0.5) is 0 Å². The first-order valence-electron chi connectivity index (χ1n) is 5.68. The SMILES string of the molecule is CCNCc1nc(-c2cc(C)nc(C)c2)no1. The monoisotopic (exact) mass is 232 g/mol. The first-order valence-corrected chi connectivity index (χ1v) is 5.68. The Morgan fingerprint density at radius 1 is 1.18 bits per heavy atom. The van der Waals surface area contributed by atoms with Gasteiger partial charge >= 0.3 is 0 Å². The van der Waals surface area contributed by atoms with Crippen LogP contribution < -0.4 is 5.32 Å². The maximum absolute atomic E-state index is 5.16. The Hall–Kier alpha value is -1.75. The van der Waals surface area contributed by atoms with E-state index in [1.807, 2.05) is 32.9 Å². The molecule has 0 radical (unpaired) electrons. The van der Waals surface area contributed by atoms with Crippen molar-refractivity contribution in [2.24, 2.45) is 0 Å². The Morgan fingerprint density at radius 3 is 2.53 bits per heavy atom. The van der Waals surface area contributed by atoms with E-state index in [1.165, 1.54) is 0 Å². The molecule has 0 aliphatic heterocycles. The number of nitrogens with zero attached hydrogens (tertiary/aromatic N) is 3. The average molecular weight is 232 g/mol. The third-order valence-electron chi connectivity index (χ3n) is 2.33. The van der Waals surface area contributed by atoms with Crippen LogP contribution in [0.2, 0.25) is 0 Å². The van der Waals surface area contributed by atoms with Gasteiger partial charge in [0, 0.05) is 17.0 Å². The van der Waals surface area contributed by atoms with Gasteiger partial charge in [0.2, 0.25) is 11.7 Å². The maximum Gasteiger partial charge on any atom is 0.240 e. The van der Waals surface area contributed by atoms with Gasteiger partial charge in [-0.2, -0.15) is 4.98 Å². The highest BCUT2D eigenvalue weighted by atomic mass is 16.5. The fraction of sp³-hybridized carbons (Fsp3) is 0.417. The number of aromatic nitrogens is 3. The van der Waals surface area contributed by atoms with Crippen LogP contribution in [0.5, 0.6) is 0 Å². The van der Waals surface area contributed by atoms with Crippen molar-refractivity contribution < 1.29 is 4.52 Å². The van der Waals surface area contributed by atoms with E-state index in [0.717, 1.165) is 23.5 Å². The van der Waals surface area contributed by atoms with Gasteiger partial charge < -0.3 is 9.84 Å². The topological polar surface area (TPSA) is 63.8 Å². The van der Waals surface area contributed by atoms with Gasteiger partial charge in [-0.15, -0.1) is 0 Å². The Balaban J connectivity index is 2.24. The van der Waals surface area contributed by atoms with Crippen molar-refractivity contribution in [3.8, 4) is 11.4 Å². The van der Waals surface area contributed by atoms with Crippen molar-refractivity contribution in [1.82, 2.24) is 20.4 Å². The lowest BCUT2D eigenvalue weighted by Crippen LogP contribution is -2.11. The summed E-state index contributed by atoms with van der Waals surface area (Å²) in [5.74, 6) is 1.22. The highest BCUT2D eigenvalue weighted by Gasteiger charge is 2.09. The molecule has 17 heavy (non-hydrogen) atoms. The first-order chi connectivity index (χ1) is 8.19. The van der Waals surface area contributed by atoms with Gasteiger partial charge in [-0.25, -0.2) is 0 Å². The van der Waals surface area contributed by atoms with E-state index in [9.17, 15) is 0 Å². The zero-order valence-corrected chi connectivity index (χ0v) is 10.3. The molecule has 0 saturated heterocycles. The summed E-state index contributed by atoms with van der Waals surface area (Å²) in [6.45, 7) is 7.43. The van der Waals surface area contributed by atoms with Crippen molar-refractivity contribution >= 4 is 0 Å². The predicted molar refractivity (Wildman–Crippen MR) is 64.4 cm³/mol. The molecule has 0 saturated carbocycles. The molecule has 2 heterocycles.